The summed E-state index contributed by atoms with van der Waals surface area (Å²) in [6.07, 6.45) is 0.383. The first-order valence-corrected chi connectivity index (χ1v) is 8.98. The average Bonchev–Trinajstić information content (AvgIpc) is 2.71. The predicted molar refractivity (Wildman–Crippen MR) is 79.2 cm³/mol. The molecule has 0 amide bonds. The number of sulfone groups is 1. The van der Waals surface area contributed by atoms with Crippen LogP contribution < -0.4 is 0 Å². The van der Waals surface area contributed by atoms with Crippen molar-refractivity contribution in [1.82, 2.24) is 4.90 Å². The Morgan fingerprint density at radius 2 is 2.19 bits per heavy atom. The van der Waals surface area contributed by atoms with Gasteiger partial charge in [-0.15, -0.1) is 0 Å². The molecule has 21 heavy (non-hydrogen) atoms. The van der Waals surface area contributed by atoms with E-state index in [1.807, 2.05) is 0 Å². The predicted octanol–water partition coefficient (Wildman–Crippen LogP) is 1.66. The van der Waals surface area contributed by atoms with Crippen LogP contribution in [0.25, 0.3) is 0 Å². The highest BCUT2D eigenvalue weighted by molar-refractivity contribution is 9.10. The zero-order chi connectivity index (χ0) is 15.6. The van der Waals surface area contributed by atoms with E-state index in [2.05, 4.69) is 15.9 Å². The number of halogens is 2. The van der Waals surface area contributed by atoms with Crippen LogP contribution in [-0.2, 0) is 21.2 Å². The molecule has 0 spiro atoms. The minimum Gasteiger partial charge on any atom is -0.480 e. The summed E-state index contributed by atoms with van der Waals surface area (Å²) in [7, 11) is -3.12. The molecule has 1 aliphatic rings. The Morgan fingerprint density at radius 1 is 1.48 bits per heavy atom. The fourth-order valence-corrected chi connectivity index (χ4v) is 4.51. The standard InChI is InChI=1S/C13H15BrFNO4S/c14-10-2-1-9(12(15)5-10)6-16(7-13(17)18)11-3-4-21(19,20)8-11/h1-2,5,11H,3-4,6-8H2,(H,17,18). The van der Waals surface area contributed by atoms with E-state index in [0.717, 1.165) is 0 Å². The van der Waals surface area contributed by atoms with Gasteiger partial charge in [0.2, 0.25) is 0 Å². The second kappa shape index (κ2) is 6.41. The summed E-state index contributed by atoms with van der Waals surface area (Å²) in [6.45, 7) is -0.235. The maximum Gasteiger partial charge on any atom is 0.317 e. The number of carboxylic acid groups (broad SMARTS) is 1. The number of nitrogens with zero attached hydrogens (tertiary/aromatic N) is 1. The van der Waals surface area contributed by atoms with E-state index < -0.39 is 21.6 Å². The minimum atomic E-state index is -3.12. The molecule has 0 saturated carbocycles. The van der Waals surface area contributed by atoms with Crippen LogP contribution in [0.3, 0.4) is 0 Å². The molecule has 0 bridgehead atoms. The van der Waals surface area contributed by atoms with Gasteiger partial charge in [-0.25, -0.2) is 12.8 Å². The van der Waals surface area contributed by atoms with Gasteiger partial charge in [-0.2, -0.15) is 0 Å². The molecular weight excluding hydrogens is 365 g/mol. The lowest BCUT2D eigenvalue weighted by molar-refractivity contribution is -0.139. The number of rotatable bonds is 5. The lowest BCUT2D eigenvalue weighted by atomic mass is 10.1. The molecule has 116 valence electrons. The van der Waals surface area contributed by atoms with Crippen LogP contribution in [0.1, 0.15) is 12.0 Å². The van der Waals surface area contributed by atoms with Gasteiger partial charge in [0.25, 0.3) is 0 Å². The maximum atomic E-state index is 13.9. The molecule has 8 heteroatoms. The Bertz CT molecular complexity index is 650. The first-order chi connectivity index (χ1) is 9.77. The summed E-state index contributed by atoms with van der Waals surface area (Å²) in [5, 5.41) is 8.97. The van der Waals surface area contributed by atoms with Gasteiger partial charge in [-0.3, -0.25) is 9.69 Å². The van der Waals surface area contributed by atoms with Crippen molar-refractivity contribution in [3.8, 4) is 0 Å². The van der Waals surface area contributed by atoms with Gasteiger partial charge < -0.3 is 5.11 Å². The monoisotopic (exact) mass is 379 g/mol. The second-order valence-corrected chi connectivity index (χ2v) is 8.24. The molecule has 1 aromatic carbocycles. The summed E-state index contributed by atoms with van der Waals surface area (Å²) < 4.78 is 37.5. The van der Waals surface area contributed by atoms with Crippen LogP contribution in [0.2, 0.25) is 0 Å². The van der Waals surface area contributed by atoms with E-state index in [1.54, 1.807) is 12.1 Å². The summed E-state index contributed by atoms with van der Waals surface area (Å²) in [6, 6.07) is 4.16. The van der Waals surface area contributed by atoms with Crippen molar-refractivity contribution >= 4 is 31.7 Å². The molecule has 5 nitrogen and oxygen atoms in total. The van der Waals surface area contributed by atoms with E-state index in [-0.39, 0.29) is 30.6 Å². The third kappa shape index (κ3) is 4.49. The molecule has 1 N–H and O–H groups in total. The third-order valence-corrected chi connectivity index (χ3v) is 5.70. The van der Waals surface area contributed by atoms with Gasteiger partial charge in [0, 0.05) is 22.6 Å². The van der Waals surface area contributed by atoms with Crippen LogP contribution in [0.4, 0.5) is 4.39 Å². The highest BCUT2D eigenvalue weighted by Gasteiger charge is 2.33. The lowest BCUT2D eigenvalue weighted by Crippen LogP contribution is -2.39. The van der Waals surface area contributed by atoms with Gasteiger partial charge in [0.05, 0.1) is 18.1 Å². The van der Waals surface area contributed by atoms with Gasteiger partial charge in [0.1, 0.15) is 5.82 Å². The zero-order valence-corrected chi connectivity index (χ0v) is 13.5. The fraction of sp³-hybridized carbons (Fsp3) is 0.462. The Kier molecular flexibility index (Phi) is 5.00. The Balaban J connectivity index is 2.18. The number of aliphatic carboxylic acids is 1. The number of hydrogen-bond donors (Lipinski definition) is 1. The smallest absolute Gasteiger partial charge is 0.317 e. The minimum absolute atomic E-state index is 0.0522. The van der Waals surface area contributed by atoms with Crippen molar-refractivity contribution in [2.24, 2.45) is 0 Å². The van der Waals surface area contributed by atoms with Crippen LogP contribution in [0.5, 0.6) is 0 Å². The van der Waals surface area contributed by atoms with Gasteiger partial charge >= 0.3 is 5.97 Å². The maximum absolute atomic E-state index is 13.9. The average molecular weight is 380 g/mol. The zero-order valence-electron chi connectivity index (χ0n) is 11.1. The van der Waals surface area contributed by atoms with Gasteiger partial charge in [-0.05, 0) is 18.6 Å². The topological polar surface area (TPSA) is 74.7 Å². The Morgan fingerprint density at radius 3 is 2.71 bits per heavy atom. The SMILES string of the molecule is O=C(O)CN(Cc1ccc(Br)cc1F)C1CCS(=O)(=O)C1. The molecule has 1 aromatic rings. The molecular formula is C13H15BrFNO4S. The fourth-order valence-electron chi connectivity index (χ4n) is 2.42. The molecule has 1 heterocycles. The molecule has 0 aromatic heterocycles. The quantitative estimate of drug-likeness (QED) is 0.841. The summed E-state index contributed by atoms with van der Waals surface area (Å²) in [4.78, 5) is 12.5. The van der Waals surface area contributed by atoms with Crippen molar-refractivity contribution in [2.75, 3.05) is 18.1 Å². The highest BCUT2D eigenvalue weighted by atomic mass is 79.9. The van der Waals surface area contributed by atoms with Crippen LogP contribution in [0, 0.1) is 5.82 Å². The lowest BCUT2D eigenvalue weighted by Gasteiger charge is -2.26. The van der Waals surface area contributed by atoms with E-state index in [9.17, 15) is 17.6 Å². The third-order valence-electron chi connectivity index (χ3n) is 3.45. The van der Waals surface area contributed by atoms with Crippen LogP contribution in [0.15, 0.2) is 22.7 Å². The highest BCUT2D eigenvalue weighted by Crippen LogP contribution is 2.22. The Hall–Kier alpha value is -0.990. The van der Waals surface area contributed by atoms with Crippen LogP contribution >= 0.6 is 15.9 Å². The molecule has 2 rings (SSSR count). The second-order valence-electron chi connectivity index (χ2n) is 5.09. The number of benzene rings is 1. The molecule has 0 aliphatic carbocycles. The first-order valence-electron chi connectivity index (χ1n) is 6.37. The number of carbonyl (C=O) groups is 1. The van der Waals surface area contributed by atoms with Crippen molar-refractivity contribution < 1.29 is 22.7 Å². The van der Waals surface area contributed by atoms with Gasteiger partial charge in [0.15, 0.2) is 9.84 Å². The van der Waals surface area contributed by atoms with Crippen molar-refractivity contribution in [3.05, 3.63) is 34.1 Å². The Labute approximate surface area is 130 Å². The molecule has 0 radical (unpaired) electrons. The number of carboxylic acids is 1. The summed E-state index contributed by atoms with van der Waals surface area (Å²) in [5.74, 6) is -1.52. The van der Waals surface area contributed by atoms with Crippen LogP contribution in [-0.4, -0.2) is 48.5 Å². The van der Waals surface area contributed by atoms with Crippen molar-refractivity contribution in [2.45, 2.75) is 19.0 Å². The normalized spacial score (nSPS) is 20.8. The molecule has 1 fully saturated rings. The van der Waals surface area contributed by atoms with E-state index in [1.165, 1.54) is 11.0 Å². The molecule has 1 saturated heterocycles. The van der Waals surface area contributed by atoms with E-state index in [4.69, 9.17) is 5.11 Å². The largest absolute Gasteiger partial charge is 0.480 e. The number of hydrogen-bond acceptors (Lipinski definition) is 4. The molecule has 1 unspecified atom stereocenters. The van der Waals surface area contributed by atoms with Crippen molar-refractivity contribution in [1.29, 1.82) is 0 Å². The summed E-state index contributed by atoms with van der Waals surface area (Å²) >= 11 is 3.16. The van der Waals surface area contributed by atoms with E-state index in [0.29, 0.717) is 16.5 Å². The van der Waals surface area contributed by atoms with Gasteiger partial charge in [-0.1, -0.05) is 22.0 Å². The summed E-state index contributed by atoms with van der Waals surface area (Å²) in [5.41, 5.74) is 0.351. The molecule has 1 atom stereocenters. The molecule has 1 aliphatic heterocycles. The van der Waals surface area contributed by atoms with Crippen molar-refractivity contribution in [3.63, 3.8) is 0 Å². The first kappa shape index (κ1) is 16.4. The van der Waals surface area contributed by atoms with E-state index >= 15 is 0 Å².